The quantitative estimate of drug-likeness (QED) is 0.817. The van der Waals surface area contributed by atoms with Crippen molar-refractivity contribution in [2.24, 2.45) is 11.7 Å². The summed E-state index contributed by atoms with van der Waals surface area (Å²) in [5, 5.41) is 5.54. The number of carbonyl (C=O) groups is 1. The van der Waals surface area contributed by atoms with Crippen molar-refractivity contribution in [3.8, 4) is 17.0 Å². The zero-order valence-electron chi connectivity index (χ0n) is 14.2. The number of aromatic nitrogens is 1. The number of nitrogens with one attached hydrogen (secondary N) is 1. The summed E-state index contributed by atoms with van der Waals surface area (Å²) in [4.78, 5) is 16.9. The molecule has 1 amide bonds. The summed E-state index contributed by atoms with van der Waals surface area (Å²) in [6.07, 6.45) is 3.72. The molecule has 2 aromatic rings. The van der Waals surface area contributed by atoms with E-state index in [1.165, 1.54) is 11.3 Å². The molecule has 1 aromatic heterocycles. The maximum Gasteiger partial charge on any atom is 0.229 e. The van der Waals surface area contributed by atoms with Crippen LogP contribution >= 0.6 is 23.7 Å². The van der Waals surface area contributed by atoms with Crippen molar-refractivity contribution in [1.29, 1.82) is 0 Å². The number of halogens is 1. The molecule has 1 aliphatic rings. The smallest absolute Gasteiger partial charge is 0.229 e. The highest BCUT2D eigenvalue weighted by atomic mass is 35.5. The zero-order valence-corrected chi connectivity index (χ0v) is 15.9. The van der Waals surface area contributed by atoms with Crippen LogP contribution in [-0.4, -0.2) is 23.5 Å². The number of hydrogen-bond acceptors (Lipinski definition) is 5. The van der Waals surface area contributed by atoms with Crippen LogP contribution in [0.5, 0.6) is 5.75 Å². The van der Waals surface area contributed by atoms with E-state index >= 15 is 0 Å². The number of nitrogens with zero attached hydrogens (tertiary/aromatic N) is 1. The lowest BCUT2D eigenvalue weighted by Crippen LogP contribution is -2.34. The van der Waals surface area contributed by atoms with Gasteiger partial charge in [0.15, 0.2) is 5.13 Å². The number of hydrogen-bond donors (Lipinski definition) is 2. The second kappa shape index (κ2) is 9.17. The predicted octanol–water partition coefficient (Wildman–Crippen LogP) is 4.09. The van der Waals surface area contributed by atoms with E-state index in [9.17, 15) is 4.79 Å². The first kappa shape index (κ1) is 19.7. The number of thiazole rings is 1. The predicted molar refractivity (Wildman–Crippen MR) is 105 cm³/mol. The molecule has 1 aromatic carbocycles. The standard InChI is InChI=1S/C18H23N3O2S.ClH/c1-2-23-15-8-6-12(7-9-15)16-11-24-18(20-16)21-17(22)13-4-3-5-14(19)10-13;/h6-9,11,13-14H,2-5,10,19H2,1H3,(H,20,21,22);1H. The molecule has 3 rings (SSSR count). The molecule has 136 valence electrons. The first-order valence-electron chi connectivity index (χ1n) is 8.41. The van der Waals surface area contributed by atoms with Crippen molar-refractivity contribution in [3.05, 3.63) is 29.6 Å². The third kappa shape index (κ3) is 5.17. The van der Waals surface area contributed by atoms with E-state index in [-0.39, 0.29) is 30.3 Å². The summed E-state index contributed by atoms with van der Waals surface area (Å²) in [6, 6.07) is 7.96. The first-order valence-corrected chi connectivity index (χ1v) is 9.29. The fourth-order valence-electron chi connectivity index (χ4n) is 3.03. The van der Waals surface area contributed by atoms with Gasteiger partial charge in [0.2, 0.25) is 5.91 Å². The molecule has 7 heteroatoms. The minimum Gasteiger partial charge on any atom is -0.494 e. The van der Waals surface area contributed by atoms with Crippen molar-refractivity contribution in [2.45, 2.75) is 38.6 Å². The zero-order chi connectivity index (χ0) is 16.9. The molecule has 25 heavy (non-hydrogen) atoms. The van der Waals surface area contributed by atoms with Crippen molar-refractivity contribution in [2.75, 3.05) is 11.9 Å². The number of ether oxygens (including phenoxy) is 1. The number of nitrogens with two attached hydrogens (primary N) is 1. The molecule has 3 N–H and O–H groups in total. The van der Waals surface area contributed by atoms with Gasteiger partial charge in [-0.25, -0.2) is 4.98 Å². The average Bonchev–Trinajstić information content (AvgIpc) is 3.04. The average molecular weight is 382 g/mol. The van der Waals surface area contributed by atoms with Crippen LogP contribution in [0.3, 0.4) is 0 Å². The van der Waals surface area contributed by atoms with E-state index < -0.39 is 0 Å². The summed E-state index contributed by atoms with van der Waals surface area (Å²) in [6.45, 7) is 2.61. The van der Waals surface area contributed by atoms with Crippen LogP contribution in [0.25, 0.3) is 11.3 Å². The van der Waals surface area contributed by atoms with Gasteiger partial charge in [-0.3, -0.25) is 4.79 Å². The molecule has 2 atom stereocenters. The molecule has 0 bridgehead atoms. The van der Waals surface area contributed by atoms with E-state index in [1.807, 2.05) is 36.6 Å². The fraction of sp³-hybridized carbons (Fsp3) is 0.444. The van der Waals surface area contributed by atoms with E-state index in [4.69, 9.17) is 10.5 Å². The van der Waals surface area contributed by atoms with Crippen LogP contribution in [0.4, 0.5) is 5.13 Å². The molecule has 1 saturated carbocycles. The molecule has 1 fully saturated rings. The van der Waals surface area contributed by atoms with Crippen LogP contribution < -0.4 is 15.8 Å². The third-order valence-electron chi connectivity index (χ3n) is 4.28. The highest BCUT2D eigenvalue weighted by molar-refractivity contribution is 7.14. The van der Waals surface area contributed by atoms with Gasteiger partial charge in [0, 0.05) is 22.9 Å². The molecule has 2 unspecified atom stereocenters. The van der Waals surface area contributed by atoms with Crippen LogP contribution in [-0.2, 0) is 4.79 Å². The van der Waals surface area contributed by atoms with Gasteiger partial charge < -0.3 is 15.8 Å². The van der Waals surface area contributed by atoms with Gasteiger partial charge in [-0.05, 0) is 50.5 Å². The van der Waals surface area contributed by atoms with Gasteiger partial charge >= 0.3 is 0 Å². The Hall–Kier alpha value is -1.63. The highest BCUT2D eigenvalue weighted by Gasteiger charge is 2.25. The van der Waals surface area contributed by atoms with Gasteiger partial charge in [-0.15, -0.1) is 23.7 Å². The molecular formula is C18H24ClN3O2S. The Morgan fingerprint density at radius 2 is 2.12 bits per heavy atom. The Bertz CT molecular complexity index is 690. The maximum absolute atomic E-state index is 12.4. The molecule has 0 radical (unpaired) electrons. The molecule has 5 nitrogen and oxygen atoms in total. The molecule has 1 heterocycles. The maximum atomic E-state index is 12.4. The van der Waals surface area contributed by atoms with Gasteiger partial charge in [-0.1, -0.05) is 6.42 Å². The van der Waals surface area contributed by atoms with Gasteiger partial charge in [0.05, 0.1) is 12.3 Å². The van der Waals surface area contributed by atoms with Gasteiger partial charge in [0.25, 0.3) is 0 Å². The van der Waals surface area contributed by atoms with Gasteiger partial charge in [0.1, 0.15) is 5.75 Å². The number of benzene rings is 1. The van der Waals surface area contributed by atoms with Crippen molar-refractivity contribution in [3.63, 3.8) is 0 Å². The molecule has 0 aliphatic heterocycles. The van der Waals surface area contributed by atoms with Crippen LogP contribution in [0.1, 0.15) is 32.6 Å². The lowest BCUT2D eigenvalue weighted by Gasteiger charge is -2.25. The topological polar surface area (TPSA) is 77.2 Å². The summed E-state index contributed by atoms with van der Waals surface area (Å²) in [7, 11) is 0. The monoisotopic (exact) mass is 381 g/mol. The summed E-state index contributed by atoms with van der Waals surface area (Å²) in [5.74, 6) is 0.892. The third-order valence-corrected chi connectivity index (χ3v) is 5.04. The SMILES string of the molecule is CCOc1ccc(-c2csc(NC(=O)C3CCCC(N)C3)n2)cc1.Cl. The Labute approximate surface area is 158 Å². The summed E-state index contributed by atoms with van der Waals surface area (Å²) >= 11 is 1.45. The number of rotatable bonds is 5. The van der Waals surface area contributed by atoms with E-state index in [1.54, 1.807) is 0 Å². The highest BCUT2D eigenvalue weighted by Crippen LogP contribution is 2.28. The fourth-order valence-corrected chi connectivity index (χ4v) is 3.75. The lowest BCUT2D eigenvalue weighted by atomic mass is 9.86. The molecule has 1 aliphatic carbocycles. The van der Waals surface area contributed by atoms with E-state index in [0.717, 1.165) is 42.7 Å². The summed E-state index contributed by atoms with van der Waals surface area (Å²) in [5.41, 5.74) is 7.84. The Morgan fingerprint density at radius 3 is 2.80 bits per heavy atom. The van der Waals surface area contributed by atoms with Crippen LogP contribution in [0, 0.1) is 5.92 Å². The molecule has 0 spiro atoms. The van der Waals surface area contributed by atoms with Crippen molar-refractivity contribution >= 4 is 34.8 Å². The van der Waals surface area contributed by atoms with E-state index in [0.29, 0.717) is 11.7 Å². The Kier molecular flexibility index (Phi) is 7.23. The molecule has 0 saturated heterocycles. The van der Waals surface area contributed by atoms with Crippen LogP contribution in [0.2, 0.25) is 0 Å². The number of amides is 1. The Balaban J connectivity index is 0.00000225. The second-order valence-corrected chi connectivity index (χ2v) is 6.97. The van der Waals surface area contributed by atoms with Crippen LogP contribution in [0.15, 0.2) is 29.6 Å². The van der Waals surface area contributed by atoms with Crippen molar-refractivity contribution in [1.82, 2.24) is 4.98 Å². The second-order valence-electron chi connectivity index (χ2n) is 6.11. The molecular weight excluding hydrogens is 358 g/mol. The van der Waals surface area contributed by atoms with E-state index in [2.05, 4.69) is 10.3 Å². The minimum absolute atomic E-state index is 0. The largest absolute Gasteiger partial charge is 0.494 e. The number of carbonyl (C=O) groups excluding carboxylic acids is 1. The Morgan fingerprint density at radius 1 is 1.36 bits per heavy atom. The minimum atomic E-state index is 0. The van der Waals surface area contributed by atoms with Crippen molar-refractivity contribution < 1.29 is 9.53 Å². The first-order chi connectivity index (χ1) is 11.7. The summed E-state index contributed by atoms with van der Waals surface area (Å²) < 4.78 is 5.45. The van der Waals surface area contributed by atoms with Gasteiger partial charge in [-0.2, -0.15) is 0 Å². The number of anilines is 1. The normalized spacial score (nSPS) is 19.8. The lowest BCUT2D eigenvalue weighted by molar-refractivity contribution is -0.120.